The second-order valence-corrected chi connectivity index (χ2v) is 8.91. The Morgan fingerprint density at radius 1 is 1.16 bits per heavy atom. The number of hydrogen-bond acceptors (Lipinski definition) is 4. The molecule has 1 aromatic carbocycles. The number of carbonyl (C=O) groups is 1. The minimum absolute atomic E-state index is 0.0410. The van der Waals surface area contributed by atoms with E-state index in [1.54, 1.807) is 12.4 Å². The van der Waals surface area contributed by atoms with Gasteiger partial charge in [0.25, 0.3) is 0 Å². The summed E-state index contributed by atoms with van der Waals surface area (Å²) in [7, 11) is 0. The second-order valence-electron chi connectivity index (χ2n) is 8.91. The molecule has 3 atom stereocenters. The van der Waals surface area contributed by atoms with E-state index in [4.69, 9.17) is 5.10 Å². The molecule has 31 heavy (non-hydrogen) atoms. The van der Waals surface area contributed by atoms with Crippen molar-refractivity contribution >= 4 is 5.78 Å². The number of ketones is 1. The summed E-state index contributed by atoms with van der Waals surface area (Å²) >= 11 is 0. The van der Waals surface area contributed by atoms with Gasteiger partial charge in [0, 0.05) is 34.9 Å². The lowest BCUT2D eigenvalue weighted by Gasteiger charge is -2.44. The van der Waals surface area contributed by atoms with Gasteiger partial charge in [-0.1, -0.05) is 49.8 Å². The average molecular weight is 409 g/mol. The number of rotatable bonds is 2. The smallest absolute Gasteiger partial charge is 0.176 e. The summed E-state index contributed by atoms with van der Waals surface area (Å²) in [5, 5.41) is 14.7. The van der Waals surface area contributed by atoms with E-state index in [9.17, 15) is 10.1 Å². The van der Waals surface area contributed by atoms with E-state index in [-0.39, 0.29) is 23.2 Å². The molecular formula is C26H24N4O. The van der Waals surface area contributed by atoms with Crippen LogP contribution in [0.1, 0.15) is 37.1 Å². The molecule has 0 fully saturated rings. The largest absolute Gasteiger partial charge is 0.293 e. The molecule has 3 aromatic rings. The molecule has 5 rings (SSSR count). The van der Waals surface area contributed by atoms with Crippen molar-refractivity contribution in [1.29, 1.82) is 5.26 Å². The molecule has 2 aliphatic rings. The monoisotopic (exact) mass is 408 g/mol. The van der Waals surface area contributed by atoms with Crippen molar-refractivity contribution in [3.8, 4) is 23.0 Å². The van der Waals surface area contributed by atoms with Crippen molar-refractivity contribution in [3.05, 3.63) is 77.3 Å². The Morgan fingerprint density at radius 2 is 1.87 bits per heavy atom. The molecule has 0 saturated heterocycles. The van der Waals surface area contributed by atoms with Crippen LogP contribution in [0.3, 0.4) is 0 Å². The minimum atomic E-state index is -0.455. The maximum atomic E-state index is 12.7. The van der Waals surface area contributed by atoms with Crippen molar-refractivity contribution in [2.24, 2.45) is 11.8 Å². The Kier molecular flexibility index (Phi) is 4.40. The number of aromatic nitrogens is 3. The minimum Gasteiger partial charge on any atom is -0.293 e. The molecule has 0 N–H and O–H groups in total. The number of allylic oxidation sites excluding steroid dienone is 2. The second kappa shape index (κ2) is 7.02. The summed E-state index contributed by atoms with van der Waals surface area (Å²) in [5.74, 6) is -0.0938. The van der Waals surface area contributed by atoms with Crippen LogP contribution in [0, 0.1) is 30.1 Å². The van der Waals surface area contributed by atoms with E-state index in [2.05, 4.69) is 49.2 Å². The fourth-order valence-corrected chi connectivity index (χ4v) is 5.41. The maximum absolute atomic E-state index is 12.7. The SMILES string of the molecule is Cc1ccc(-c2c3c(nn2-c2ccncc2)[C@]2(C)C=C(C#N)C(=O)[C@H](C)[C@H]2CC3)cc1. The average Bonchev–Trinajstić information content (AvgIpc) is 3.18. The molecule has 2 aliphatic carbocycles. The zero-order chi connectivity index (χ0) is 21.8. The van der Waals surface area contributed by atoms with Crippen LogP contribution in [0.4, 0.5) is 0 Å². The van der Waals surface area contributed by atoms with Gasteiger partial charge in [0.15, 0.2) is 5.78 Å². The van der Waals surface area contributed by atoms with Crippen LogP contribution in [0.15, 0.2) is 60.4 Å². The molecule has 0 aliphatic heterocycles. The molecule has 0 bridgehead atoms. The number of nitrogens with zero attached hydrogens (tertiary/aromatic N) is 4. The van der Waals surface area contributed by atoms with Crippen LogP contribution in [0.5, 0.6) is 0 Å². The van der Waals surface area contributed by atoms with Gasteiger partial charge in [0.05, 0.1) is 22.6 Å². The normalized spacial score (nSPS) is 24.7. The maximum Gasteiger partial charge on any atom is 0.176 e. The Bertz CT molecular complexity index is 1250. The third-order valence-corrected chi connectivity index (χ3v) is 7.05. The first-order chi connectivity index (χ1) is 14.9. The highest BCUT2D eigenvalue weighted by Crippen LogP contribution is 2.51. The zero-order valence-electron chi connectivity index (χ0n) is 18.0. The molecule has 0 saturated carbocycles. The number of aryl methyl sites for hydroxylation is 1. The van der Waals surface area contributed by atoms with E-state index in [1.165, 1.54) is 11.1 Å². The van der Waals surface area contributed by atoms with Gasteiger partial charge in [-0.2, -0.15) is 10.4 Å². The Balaban J connectivity index is 1.80. The highest BCUT2D eigenvalue weighted by atomic mass is 16.1. The Morgan fingerprint density at radius 3 is 2.55 bits per heavy atom. The van der Waals surface area contributed by atoms with Crippen LogP contribution >= 0.6 is 0 Å². The van der Waals surface area contributed by atoms with Crippen LogP contribution in [0.25, 0.3) is 16.9 Å². The molecule has 5 nitrogen and oxygen atoms in total. The molecular weight excluding hydrogens is 384 g/mol. The van der Waals surface area contributed by atoms with Crippen molar-refractivity contribution in [2.75, 3.05) is 0 Å². The van der Waals surface area contributed by atoms with Crippen LogP contribution < -0.4 is 0 Å². The Hall–Kier alpha value is -3.52. The molecule has 0 unspecified atom stereocenters. The van der Waals surface area contributed by atoms with Gasteiger partial charge in [0.1, 0.15) is 6.07 Å². The summed E-state index contributed by atoms with van der Waals surface area (Å²) in [6.45, 7) is 6.18. The number of carbonyl (C=O) groups excluding carboxylic acids is 1. The standard InChI is InChI=1S/C26H24N4O/c1-16-4-6-18(7-5-16)23-21-8-9-22-17(2)24(31)19(15-27)14-26(22,3)25(21)29-30(23)20-10-12-28-13-11-20/h4-7,10-14,17,22H,8-9H2,1-3H3/t17-,22-,26-/m1/s1. The van der Waals surface area contributed by atoms with Gasteiger partial charge in [-0.15, -0.1) is 0 Å². The lowest BCUT2D eigenvalue weighted by molar-refractivity contribution is -0.121. The molecule has 2 heterocycles. The highest BCUT2D eigenvalue weighted by molar-refractivity contribution is 6.02. The zero-order valence-corrected chi connectivity index (χ0v) is 18.0. The van der Waals surface area contributed by atoms with Gasteiger partial charge < -0.3 is 0 Å². The van der Waals surface area contributed by atoms with E-state index >= 15 is 0 Å². The topological polar surface area (TPSA) is 71.6 Å². The molecule has 2 aromatic heterocycles. The van der Waals surface area contributed by atoms with Gasteiger partial charge in [-0.3, -0.25) is 9.78 Å². The fourth-order valence-electron chi connectivity index (χ4n) is 5.41. The molecule has 5 heteroatoms. The van der Waals surface area contributed by atoms with Crippen molar-refractivity contribution < 1.29 is 4.79 Å². The summed E-state index contributed by atoms with van der Waals surface area (Å²) < 4.78 is 2.01. The molecule has 0 spiro atoms. The fraction of sp³-hybridized carbons (Fsp3) is 0.308. The van der Waals surface area contributed by atoms with Gasteiger partial charge in [0.2, 0.25) is 0 Å². The number of pyridine rings is 1. The highest BCUT2D eigenvalue weighted by Gasteiger charge is 2.50. The first kappa shape index (κ1) is 19.4. The van der Waals surface area contributed by atoms with Crippen molar-refractivity contribution in [1.82, 2.24) is 14.8 Å². The summed E-state index contributed by atoms with van der Waals surface area (Å²) in [6.07, 6.45) is 7.17. The number of nitriles is 1. The lowest BCUT2D eigenvalue weighted by atomic mass is 9.58. The van der Waals surface area contributed by atoms with E-state index < -0.39 is 5.41 Å². The third-order valence-electron chi connectivity index (χ3n) is 7.05. The Labute approximate surface area is 182 Å². The lowest BCUT2D eigenvalue weighted by Crippen LogP contribution is -2.45. The quantitative estimate of drug-likeness (QED) is 0.614. The van der Waals surface area contributed by atoms with Gasteiger partial charge in [-0.25, -0.2) is 4.68 Å². The van der Waals surface area contributed by atoms with Crippen molar-refractivity contribution in [2.45, 2.75) is 39.0 Å². The first-order valence-electron chi connectivity index (χ1n) is 10.7. The first-order valence-corrected chi connectivity index (χ1v) is 10.7. The van der Waals surface area contributed by atoms with Crippen LogP contribution in [-0.4, -0.2) is 20.5 Å². The van der Waals surface area contributed by atoms with Gasteiger partial charge >= 0.3 is 0 Å². The molecule has 154 valence electrons. The predicted molar refractivity (Wildman–Crippen MR) is 119 cm³/mol. The molecule has 0 radical (unpaired) electrons. The van der Waals surface area contributed by atoms with Crippen LogP contribution in [-0.2, 0) is 16.6 Å². The van der Waals surface area contributed by atoms with Crippen molar-refractivity contribution in [3.63, 3.8) is 0 Å². The number of fused-ring (bicyclic) bond motifs is 3. The summed E-state index contributed by atoms with van der Waals surface area (Å²) in [4.78, 5) is 16.9. The summed E-state index contributed by atoms with van der Waals surface area (Å²) in [5.41, 5.74) is 6.33. The van der Waals surface area contributed by atoms with E-state index in [0.29, 0.717) is 0 Å². The summed E-state index contributed by atoms with van der Waals surface area (Å²) in [6, 6.07) is 14.6. The number of benzene rings is 1. The number of Topliss-reactive ketones (excluding diaryl/α,β-unsaturated/α-hetero) is 1. The van der Waals surface area contributed by atoms with E-state index in [0.717, 1.165) is 35.5 Å². The van der Waals surface area contributed by atoms with Gasteiger partial charge in [-0.05, 0) is 37.8 Å². The van der Waals surface area contributed by atoms with Crippen LogP contribution in [0.2, 0.25) is 0 Å². The molecule has 0 amide bonds. The predicted octanol–water partition coefficient (Wildman–Crippen LogP) is 4.73. The van der Waals surface area contributed by atoms with E-state index in [1.807, 2.05) is 29.8 Å². The number of hydrogen-bond donors (Lipinski definition) is 0. The third kappa shape index (κ3) is 2.86.